The lowest BCUT2D eigenvalue weighted by Gasteiger charge is -2.04. The molecule has 3 rings (SSSR count). The smallest absolute Gasteiger partial charge is 0.224 e. The molecular weight excluding hydrogens is 307 g/mol. The zero-order valence-electron chi connectivity index (χ0n) is 13.3. The molecule has 5 heteroatoms. The molecular formula is C19H17FN2O2. The molecule has 0 aliphatic heterocycles. The van der Waals surface area contributed by atoms with Gasteiger partial charge in [0.05, 0.1) is 13.0 Å². The lowest BCUT2D eigenvalue weighted by atomic mass is 10.1. The highest BCUT2D eigenvalue weighted by Gasteiger charge is 2.13. The van der Waals surface area contributed by atoms with Crippen LogP contribution in [0.3, 0.4) is 0 Å². The number of oxazole rings is 1. The van der Waals surface area contributed by atoms with Gasteiger partial charge in [-0.2, -0.15) is 0 Å². The molecule has 1 heterocycles. The van der Waals surface area contributed by atoms with Gasteiger partial charge >= 0.3 is 0 Å². The van der Waals surface area contributed by atoms with Gasteiger partial charge in [-0.1, -0.05) is 48.5 Å². The SMILES string of the molecule is Cc1oc(CNC(=O)Cc2ccccc2F)nc1-c1ccccc1. The van der Waals surface area contributed by atoms with Crippen LogP contribution in [0, 0.1) is 12.7 Å². The Kier molecular flexibility index (Phi) is 4.70. The summed E-state index contributed by atoms with van der Waals surface area (Å²) in [4.78, 5) is 16.4. The minimum absolute atomic E-state index is 0.0160. The van der Waals surface area contributed by atoms with E-state index >= 15 is 0 Å². The molecule has 1 amide bonds. The largest absolute Gasteiger partial charge is 0.443 e. The minimum Gasteiger partial charge on any atom is -0.443 e. The van der Waals surface area contributed by atoms with E-state index in [4.69, 9.17) is 4.42 Å². The number of nitrogens with zero attached hydrogens (tertiary/aromatic N) is 1. The summed E-state index contributed by atoms with van der Waals surface area (Å²) in [5.74, 6) is 0.455. The van der Waals surface area contributed by atoms with E-state index < -0.39 is 0 Å². The van der Waals surface area contributed by atoms with Crippen LogP contribution in [-0.2, 0) is 17.8 Å². The predicted molar refractivity (Wildman–Crippen MR) is 88.6 cm³/mol. The second-order valence-electron chi connectivity index (χ2n) is 5.42. The first kappa shape index (κ1) is 15.9. The molecule has 0 atom stereocenters. The van der Waals surface area contributed by atoms with Crippen molar-refractivity contribution >= 4 is 5.91 Å². The van der Waals surface area contributed by atoms with E-state index in [0.29, 0.717) is 17.2 Å². The van der Waals surface area contributed by atoms with Gasteiger partial charge in [-0.25, -0.2) is 9.37 Å². The van der Waals surface area contributed by atoms with Crippen molar-refractivity contribution < 1.29 is 13.6 Å². The molecule has 2 aromatic carbocycles. The number of amides is 1. The quantitative estimate of drug-likeness (QED) is 0.779. The highest BCUT2D eigenvalue weighted by molar-refractivity contribution is 5.78. The average Bonchev–Trinajstić information content (AvgIpc) is 2.97. The average molecular weight is 324 g/mol. The Hall–Kier alpha value is -2.95. The molecule has 24 heavy (non-hydrogen) atoms. The Morgan fingerprint density at radius 2 is 1.83 bits per heavy atom. The van der Waals surface area contributed by atoms with Gasteiger partial charge in [-0.05, 0) is 18.6 Å². The number of carbonyl (C=O) groups is 1. The van der Waals surface area contributed by atoms with Crippen LogP contribution >= 0.6 is 0 Å². The van der Waals surface area contributed by atoms with Crippen molar-refractivity contribution in [3.05, 3.63) is 77.6 Å². The van der Waals surface area contributed by atoms with Gasteiger partial charge in [0.1, 0.15) is 17.3 Å². The Morgan fingerprint density at radius 1 is 1.12 bits per heavy atom. The second kappa shape index (κ2) is 7.08. The zero-order valence-corrected chi connectivity index (χ0v) is 13.3. The van der Waals surface area contributed by atoms with Crippen molar-refractivity contribution in [1.82, 2.24) is 10.3 Å². The van der Waals surface area contributed by atoms with Crippen LogP contribution in [-0.4, -0.2) is 10.9 Å². The molecule has 0 unspecified atom stereocenters. The molecule has 122 valence electrons. The normalized spacial score (nSPS) is 10.6. The maximum atomic E-state index is 13.5. The van der Waals surface area contributed by atoms with Gasteiger partial charge in [0.25, 0.3) is 0 Å². The first-order valence-electron chi connectivity index (χ1n) is 7.65. The maximum Gasteiger partial charge on any atom is 0.224 e. The molecule has 0 spiro atoms. The summed E-state index contributed by atoms with van der Waals surface area (Å²) in [6.07, 6.45) is -0.0160. The number of benzene rings is 2. The van der Waals surface area contributed by atoms with Crippen molar-refractivity contribution in [2.24, 2.45) is 0 Å². The summed E-state index contributed by atoms with van der Waals surface area (Å²) in [6, 6.07) is 15.9. The summed E-state index contributed by atoms with van der Waals surface area (Å²) in [6.45, 7) is 2.00. The van der Waals surface area contributed by atoms with Gasteiger partial charge in [0.2, 0.25) is 11.8 Å². The van der Waals surface area contributed by atoms with E-state index in [1.165, 1.54) is 6.07 Å². The molecule has 0 aliphatic carbocycles. The molecule has 4 nitrogen and oxygen atoms in total. The number of hydrogen-bond donors (Lipinski definition) is 1. The van der Waals surface area contributed by atoms with Gasteiger partial charge in [0, 0.05) is 5.56 Å². The number of aryl methyl sites for hydroxylation is 1. The van der Waals surface area contributed by atoms with Crippen LogP contribution in [0.2, 0.25) is 0 Å². The van der Waals surface area contributed by atoms with Crippen molar-refractivity contribution in [1.29, 1.82) is 0 Å². The van der Waals surface area contributed by atoms with Gasteiger partial charge in [0.15, 0.2) is 0 Å². The lowest BCUT2D eigenvalue weighted by Crippen LogP contribution is -2.25. The van der Waals surface area contributed by atoms with Crippen LogP contribution in [0.4, 0.5) is 4.39 Å². The first-order chi connectivity index (χ1) is 11.6. The number of halogens is 1. The fourth-order valence-corrected chi connectivity index (χ4v) is 2.44. The Balaban J connectivity index is 1.63. The van der Waals surface area contributed by atoms with Crippen LogP contribution in [0.15, 0.2) is 59.0 Å². The molecule has 0 fully saturated rings. The molecule has 0 saturated heterocycles. The highest BCUT2D eigenvalue weighted by Crippen LogP contribution is 2.22. The van der Waals surface area contributed by atoms with E-state index in [2.05, 4.69) is 10.3 Å². The van der Waals surface area contributed by atoms with Crippen LogP contribution in [0.25, 0.3) is 11.3 Å². The van der Waals surface area contributed by atoms with Crippen molar-refractivity contribution in [3.8, 4) is 11.3 Å². The summed E-state index contributed by atoms with van der Waals surface area (Å²) >= 11 is 0. The standard InChI is InChI=1S/C19H17FN2O2/c1-13-19(14-7-3-2-4-8-14)22-18(24-13)12-21-17(23)11-15-9-5-6-10-16(15)20/h2-10H,11-12H2,1H3,(H,21,23). The third kappa shape index (κ3) is 3.68. The Bertz CT molecular complexity index is 844. The highest BCUT2D eigenvalue weighted by atomic mass is 19.1. The van der Waals surface area contributed by atoms with Crippen LogP contribution < -0.4 is 5.32 Å². The minimum atomic E-state index is -0.383. The fraction of sp³-hybridized carbons (Fsp3) is 0.158. The monoisotopic (exact) mass is 324 g/mol. The second-order valence-corrected chi connectivity index (χ2v) is 5.42. The topological polar surface area (TPSA) is 55.1 Å². The van der Waals surface area contributed by atoms with Crippen molar-refractivity contribution in [3.63, 3.8) is 0 Å². The number of aromatic nitrogens is 1. The number of nitrogens with one attached hydrogen (secondary N) is 1. The van der Waals surface area contributed by atoms with Crippen molar-refractivity contribution in [2.45, 2.75) is 19.9 Å². The third-order valence-corrected chi connectivity index (χ3v) is 3.63. The Labute approximate surface area is 139 Å². The third-order valence-electron chi connectivity index (χ3n) is 3.63. The molecule has 0 saturated carbocycles. The molecule has 0 aliphatic rings. The van der Waals surface area contributed by atoms with Crippen LogP contribution in [0.5, 0.6) is 0 Å². The predicted octanol–water partition coefficient (Wildman–Crippen LogP) is 3.65. The molecule has 0 radical (unpaired) electrons. The zero-order chi connectivity index (χ0) is 16.9. The van der Waals surface area contributed by atoms with Gasteiger partial charge in [-0.15, -0.1) is 0 Å². The van der Waals surface area contributed by atoms with Gasteiger partial charge in [-0.3, -0.25) is 4.79 Å². The first-order valence-corrected chi connectivity index (χ1v) is 7.65. The van der Waals surface area contributed by atoms with E-state index in [1.54, 1.807) is 18.2 Å². The number of hydrogen-bond acceptors (Lipinski definition) is 3. The summed E-state index contributed by atoms with van der Waals surface area (Å²) < 4.78 is 19.1. The van der Waals surface area contributed by atoms with E-state index in [0.717, 1.165) is 11.3 Å². The van der Waals surface area contributed by atoms with E-state index in [9.17, 15) is 9.18 Å². The van der Waals surface area contributed by atoms with E-state index in [-0.39, 0.29) is 24.7 Å². The van der Waals surface area contributed by atoms with Crippen LogP contribution in [0.1, 0.15) is 17.2 Å². The Morgan fingerprint density at radius 3 is 2.58 bits per heavy atom. The molecule has 1 N–H and O–H groups in total. The summed E-state index contributed by atoms with van der Waals surface area (Å²) in [5.41, 5.74) is 2.08. The fourth-order valence-electron chi connectivity index (χ4n) is 2.44. The van der Waals surface area contributed by atoms with Gasteiger partial charge < -0.3 is 9.73 Å². The molecule has 1 aromatic heterocycles. The maximum absolute atomic E-state index is 13.5. The van der Waals surface area contributed by atoms with Crippen molar-refractivity contribution in [2.75, 3.05) is 0 Å². The molecule has 0 bridgehead atoms. The number of carbonyl (C=O) groups excluding carboxylic acids is 1. The summed E-state index contributed by atoms with van der Waals surface area (Å²) in [5, 5.41) is 2.70. The molecule has 3 aromatic rings. The van der Waals surface area contributed by atoms with E-state index in [1.807, 2.05) is 37.3 Å². The number of rotatable bonds is 5. The summed E-state index contributed by atoms with van der Waals surface area (Å²) in [7, 11) is 0. The lowest BCUT2D eigenvalue weighted by molar-refractivity contribution is -0.120.